The van der Waals surface area contributed by atoms with E-state index < -0.39 is 29.1 Å². The standard InChI is InChI=1S/C14H11F5N2/c1-7-2-3-9(6-10(7)14(17,18)19)21-13-11(15)4-8(20)5-12(13)16/h2-6,21H,20H2,1H3. The lowest BCUT2D eigenvalue weighted by atomic mass is 10.1. The maximum absolute atomic E-state index is 13.6. The smallest absolute Gasteiger partial charge is 0.399 e. The molecule has 0 unspecified atom stereocenters. The SMILES string of the molecule is Cc1ccc(Nc2c(F)cc(N)cc2F)cc1C(F)(F)F. The van der Waals surface area contributed by atoms with Crippen molar-refractivity contribution in [2.75, 3.05) is 11.1 Å². The molecule has 7 heteroatoms. The van der Waals surface area contributed by atoms with Crippen LogP contribution in [0, 0.1) is 18.6 Å². The fourth-order valence-corrected chi connectivity index (χ4v) is 1.86. The van der Waals surface area contributed by atoms with E-state index in [9.17, 15) is 22.0 Å². The Kier molecular flexibility index (Phi) is 3.76. The quantitative estimate of drug-likeness (QED) is 0.627. The van der Waals surface area contributed by atoms with Gasteiger partial charge in [0.05, 0.1) is 5.56 Å². The Balaban J connectivity index is 2.42. The van der Waals surface area contributed by atoms with E-state index in [0.29, 0.717) is 0 Å². The monoisotopic (exact) mass is 302 g/mol. The second kappa shape index (κ2) is 5.23. The molecule has 0 radical (unpaired) electrons. The predicted octanol–water partition coefficient (Wildman–Crippen LogP) is 4.62. The van der Waals surface area contributed by atoms with E-state index in [2.05, 4.69) is 5.32 Å². The van der Waals surface area contributed by atoms with Crippen molar-refractivity contribution in [2.24, 2.45) is 0 Å². The molecular weight excluding hydrogens is 291 g/mol. The molecule has 21 heavy (non-hydrogen) atoms. The molecule has 0 aliphatic heterocycles. The van der Waals surface area contributed by atoms with Gasteiger partial charge in [0.2, 0.25) is 0 Å². The molecule has 112 valence electrons. The summed E-state index contributed by atoms with van der Waals surface area (Å²) in [6.07, 6.45) is -4.54. The number of benzene rings is 2. The summed E-state index contributed by atoms with van der Waals surface area (Å²) in [5, 5.41) is 2.30. The van der Waals surface area contributed by atoms with Crippen LogP contribution in [0.4, 0.5) is 39.0 Å². The number of rotatable bonds is 2. The van der Waals surface area contributed by atoms with Crippen molar-refractivity contribution < 1.29 is 22.0 Å². The Bertz CT molecular complexity index is 657. The van der Waals surface area contributed by atoms with E-state index >= 15 is 0 Å². The van der Waals surface area contributed by atoms with Gasteiger partial charge in [-0.15, -0.1) is 0 Å². The number of alkyl halides is 3. The first-order valence-electron chi connectivity index (χ1n) is 5.88. The van der Waals surface area contributed by atoms with Crippen LogP contribution in [0.3, 0.4) is 0 Å². The van der Waals surface area contributed by atoms with Crippen LogP contribution in [0.5, 0.6) is 0 Å². The van der Waals surface area contributed by atoms with Gasteiger partial charge in [-0.1, -0.05) is 6.07 Å². The molecular formula is C14H11F5N2. The minimum Gasteiger partial charge on any atom is -0.399 e. The molecule has 0 aromatic heterocycles. The van der Waals surface area contributed by atoms with Crippen molar-refractivity contribution in [1.29, 1.82) is 0 Å². The summed E-state index contributed by atoms with van der Waals surface area (Å²) in [5.41, 5.74) is 3.67. The molecule has 0 aliphatic rings. The van der Waals surface area contributed by atoms with Crippen molar-refractivity contribution in [3.63, 3.8) is 0 Å². The lowest BCUT2D eigenvalue weighted by Gasteiger charge is -2.14. The fraction of sp³-hybridized carbons (Fsp3) is 0.143. The van der Waals surface area contributed by atoms with Crippen LogP contribution >= 0.6 is 0 Å². The Morgan fingerprint density at radius 1 is 1.00 bits per heavy atom. The lowest BCUT2D eigenvalue weighted by molar-refractivity contribution is -0.138. The van der Waals surface area contributed by atoms with E-state index in [4.69, 9.17) is 5.73 Å². The zero-order valence-corrected chi connectivity index (χ0v) is 10.9. The van der Waals surface area contributed by atoms with E-state index in [1.807, 2.05) is 0 Å². The summed E-state index contributed by atoms with van der Waals surface area (Å²) in [6.45, 7) is 1.30. The Labute approximate surface area is 117 Å². The summed E-state index contributed by atoms with van der Waals surface area (Å²) in [4.78, 5) is 0. The van der Waals surface area contributed by atoms with Gasteiger partial charge in [-0.3, -0.25) is 0 Å². The molecule has 0 heterocycles. The minimum atomic E-state index is -4.54. The first-order chi connectivity index (χ1) is 9.68. The van der Waals surface area contributed by atoms with E-state index in [-0.39, 0.29) is 16.9 Å². The Hall–Kier alpha value is -2.31. The second-order valence-corrected chi connectivity index (χ2v) is 4.51. The van der Waals surface area contributed by atoms with Crippen LogP contribution in [0.2, 0.25) is 0 Å². The Morgan fingerprint density at radius 2 is 1.57 bits per heavy atom. The minimum absolute atomic E-state index is 0.0197. The van der Waals surface area contributed by atoms with Gasteiger partial charge < -0.3 is 11.1 Å². The third-order valence-electron chi connectivity index (χ3n) is 2.88. The lowest BCUT2D eigenvalue weighted by Crippen LogP contribution is -2.08. The van der Waals surface area contributed by atoms with E-state index in [0.717, 1.165) is 18.2 Å². The van der Waals surface area contributed by atoms with Crippen molar-refractivity contribution in [3.05, 3.63) is 53.1 Å². The van der Waals surface area contributed by atoms with Gasteiger partial charge in [-0.2, -0.15) is 13.2 Å². The molecule has 0 amide bonds. The first kappa shape index (κ1) is 15.1. The van der Waals surface area contributed by atoms with Crippen LogP contribution in [-0.2, 0) is 6.18 Å². The number of anilines is 3. The average Bonchev–Trinajstić information content (AvgIpc) is 2.34. The number of hydrogen-bond acceptors (Lipinski definition) is 2. The number of hydrogen-bond donors (Lipinski definition) is 2. The summed E-state index contributed by atoms with van der Waals surface area (Å²) in [7, 11) is 0. The topological polar surface area (TPSA) is 38.0 Å². The molecule has 0 fully saturated rings. The van der Waals surface area contributed by atoms with E-state index in [1.165, 1.54) is 19.1 Å². The molecule has 0 bridgehead atoms. The Morgan fingerprint density at radius 3 is 2.10 bits per heavy atom. The summed E-state index contributed by atoms with van der Waals surface area (Å²) >= 11 is 0. The number of nitrogens with two attached hydrogens (primary N) is 1. The van der Waals surface area contributed by atoms with Crippen molar-refractivity contribution >= 4 is 17.1 Å². The fourth-order valence-electron chi connectivity index (χ4n) is 1.86. The third-order valence-corrected chi connectivity index (χ3v) is 2.88. The molecule has 2 aromatic carbocycles. The van der Waals surface area contributed by atoms with E-state index in [1.54, 1.807) is 0 Å². The summed E-state index contributed by atoms with van der Waals surface area (Å²) < 4.78 is 65.6. The normalized spacial score (nSPS) is 11.5. The maximum Gasteiger partial charge on any atom is 0.416 e. The van der Waals surface area contributed by atoms with Crippen LogP contribution < -0.4 is 11.1 Å². The van der Waals surface area contributed by atoms with Crippen LogP contribution in [0.15, 0.2) is 30.3 Å². The molecule has 0 saturated carbocycles. The van der Waals surface area contributed by atoms with Crippen LogP contribution in [0.25, 0.3) is 0 Å². The molecule has 3 N–H and O–H groups in total. The molecule has 0 atom stereocenters. The van der Waals surface area contributed by atoms with Gasteiger partial charge in [0.25, 0.3) is 0 Å². The average molecular weight is 302 g/mol. The van der Waals surface area contributed by atoms with Crippen molar-refractivity contribution in [3.8, 4) is 0 Å². The van der Waals surface area contributed by atoms with Gasteiger partial charge >= 0.3 is 6.18 Å². The van der Waals surface area contributed by atoms with Crippen LogP contribution in [-0.4, -0.2) is 0 Å². The highest BCUT2D eigenvalue weighted by atomic mass is 19.4. The van der Waals surface area contributed by atoms with Crippen molar-refractivity contribution in [2.45, 2.75) is 13.1 Å². The zero-order chi connectivity index (χ0) is 15.8. The molecule has 0 saturated heterocycles. The highest BCUT2D eigenvalue weighted by Crippen LogP contribution is 2.34. The van der Waals surface area contributed by atoms with Gasteiger partial charge in [0, 0.05) is 11.4 Å². The summed E-state index contributed by atoms with van der Waals surface area (Å²) in [5.74, 6) is -1.97. The zero-order valence-electron chi connectivity index (χ0n) is 10.9. The molecule has 2 aromatic rings. The summed E-state index contributed by atoms with van der Waals surface area (Å²) in [6, 6.07) is 5.08. The maximum atomic E-state index is 13.6. The van der Waals surface area contributed by atoms with Gasteiger partial charge in [0.1, 0.15) is 5.69 Å². The van der Waals surface area contributed by atoms with Crippen molar-refractivity contribution in [1.82, 2.24) is 0 Å². The number of nitrogen functional groups attached to an aromatic ring is 1. The number of aryl methyl sites for hydroxylation is 1. The molecule has 0 spiro atoms. The molecule has 2 nitrogen and oxygen atoms in total. The number of halogens is 5. The highest BCUT2D eigenvalue weighted by Gasteiger charge is 2.32. The molecule has 0 aliphatic carbocycles. The van der Waals surface area contributed by atoms with Gasteiger partial charge in [-0.05, 0) is 36.8 Å². The third kappa shape index (κ3) is 3.24. The first-order valence-corrected chi connectivity index (χ1v) is 5.88. The highest BCUT2D eigenvalue weighted by molar-refractivity contribution is 5.64. The largest absolute Gasteiger partial charge is 0.416 e. The number of nitrogens with one attached hydrogen (secondary N) is 1. The van der Waals surface area contributed by atoms with Gasteiger partial charge in [0.15, 0.2) is 11.6 Å². The second-order valence-electron chi connectivity index (χ2n) is 4.51. The predicted molar refractivity (Wildman–Crippen MR) is 70.2 cm³/mol. The van der Waals surface area contributed by atoms with Crippen LogP contribution in [0.1, 0.15) is 11.1 Å². The molecule has 2 rings (SSSR count). The van der Waals surface area contributed by atoms with Gasteiger partial charge in [-0.25, -0.2) is 8.78 Å².